The molecule has 2 aromatic rings. The van der Waals surface area contributed by atoms with Crippen molar-refractivity contribution in [1.82, 2.24) is 0 Å². The zero-order valence-corrected chi connectivity index (χ0v) is 19.8. The lowest BCUT2D eigenvalue weighted by atomic mass is 9.88. The second-order valence-electron chi connectivity index (χ2n) is 8.30. The molecular formula is C25H32BrNO4. The van der Waals surface area contributed by atoms with Gasteiger partial charge in [-0.3, -0.25) is 5.32 Å². The predicted octanol–water partition coefficient (Wildman–Crippen LogP) is 6.42. The van der Waals surface area contributed by atoms with Crippen LogP contribution in [0.25, 0.3) is 0 Å². The van der Waals surface area contributed by atoms with Crippen molar-refractivity contribution in [2.45, 2.75) is 51.9 Å². The molecule has 3 rings (SSSR count). The van der Waals surface area contributed by atoms with E-state index in [4.69, 9.17) is 14.2 Å². The van der Waals surface area contributed by atoms with E-state index >= 15 is 0 Å². The van der Waals surface area contributed by atoms with Crippen LogP contribution in [0.4, 0.5) is 10.5 Å². The van der Waals surface area contributed by atoms with E-state index in [9.17, 15) is 4.79 Å². The van der Waals surface area contributed by atoms with Gasteiger partial charge in [0, 0.05) is 22.7 Å². The van der Waals surface area contributed by atoms with Crippen molar-refractivity contribution >= 4 is 27.7 Å². The van der Waals surface area contributed by atoms with Gasteiger partial charge >= 0.3 is 6.09 Å². The second-order valence-corrected chi connectivity index (χ2v) is 9.22. The van der Waals surface area contributed by atoms with Gasteiger partial charge in [0.05, 0.1) is 25.4 Å². The van der Waals surface area contributed by atoms with Crippen molar-refractivity contribution in [2.24, 2.45) is 11.8 Å². The lowest BCUT2D eigenvalue weighted by molar-refractivity contribution is -0.116. The van der Waals surface area contributed by atoms with E-state index in [1.54, 1.807) is 0 Å². The van der Waals surface area contributed by atoms with Gasteiger partial charge in [0.15, 0.2) is 0 Å². The number of rotatable bonds is 9. The minimum atomic E-state index is -0.441. The van der Waals surface area contributed by atoms with Gasteiger partial charge in [0.2, 0.25) is 0 Å². The molecule has 6 heteroatoms. The van der Waals surface area contributed by atoms with Crippen LogP contribution in [0.15, 0.2) is 59.1 Å². The van der Waals surface area contributed by atoms with Crippen molar-refractivity contribution in [3.05, 3.63) is 64.6 Å². The summed E-state index contributed by atoms with van der Waals surface area (Å²) in [6.45, 7) is 5.96. The third-order valence-corrected chi connectivity index (χ3v) is 6.28. The molecule has 31 heavy (non-hydrogen) atoms. The van der Waals surface area contributed by atoms with E-state index in [2.05, 4.69) is 47.2 Å². The van der Waals surface area contributed by atoms with E-state index in [1.165, 1.54) is 5.56 Å². The van der Waals surface area contributed by atoms with Gasteiger partial charge in [-0.15, -0.1) is 0 Å². The Morgan fingerprint density at radius 1 is 1.16 bits per heavy atom. The quantitative estimate of drug-likeness (QED) is 0.412. The Balaban J connectivity index is 1.37. The maximum absolute atomic E-state index is 12.1. The number of amides is 1. The molecule has 1 aliphatic rings. The molecule has 2 aromatic carbocycles. The number of carbonyl (C=O) groups is 1. The third-order valence-electron chi connectivity index (χ3n) is 5.75. The van der Waals surface area contributed by atoms with Crippen molar-refractivity contribution in [3.63, 3.8) is 0 Å². The summed E-state index contributed by atoms with van der Waals surface area (Å²) in [5.74, 6) is 0.640. The summed E-state index contributed by atoms with van der Waals surface area (Å²) in [5, 5.41) is 2.75. The van der Waals surface area contributed by atoms with E-state index in [0.29, 0.717) is 31.4 Å². The first-order valence-electron chi connectivity index (χ1n) is 11.0. The molecule has 1 fully saturated rings. The third kappa shape index (κ3) is 7.95. The maximum atomic E-state index is 12.1. The minimum Gasteiger partial charge on any atom is -0.449 e. The molecule has 1 amide bonds. The number of nitrogens with one attached hydrogen (secondary N) is 1. The van der Waals surface area contributed by atoms with Crippen molar-refractivity contribution in [2.75, 3.05) is 18.5 Å². The molecule has 1 heterocycles. The maximum Gasteiger partial charge on any atom is 0.411 e. The van der Waals surface area contributed by atoms with E-state index in [1.807, 2.05) is 42.5 Å². The lowest BCUT2D eigenvalue weighted by Crippen LogP contribution is -2.39. The second kappa shape index (κ2) is 12.2. The summed E-state index contributed by atoms with van der Waals surface area (Å²) in [7, 11) is 0. The number of hydrogen-bond donors (Lipinski definition) is 1. The fraction of sp³-hybridized carbons (Fsp3) is 0.480. The average molecular weight is 490 g/mol. The summed E-state index contributed by atoms with van der Waals surface area (Å²) in [5.41, 5.74) is 1.89. The minimum absolute atomic E-state index is 0.0933. The number of hydrogen-bond acceptors (Lipinski definition) is 4. The zero-order chi connectivity index (χ0) is 22.1. The Hall–Kier alpha value is -1.89. The Kier molecular flexibility index (Phi) is 9.37. The Bertz CT molecular complexity index is 799. The lowest BCUT2D eigenvalue weighted by Gasteiger charge is -2.37. The first-order valence-corrected chi connectivity index (χ1v) is 11.8. The van der Waals surface area contributed by atoms with E-state index in [0.717, 1.165) is 23.7 Å². The normalized spacial score (nSPS) is 22.0. The van der Waals surface area contributed by atoms with Gasteiger partial charge in [0.1, 0.15) is 0 Å². The summed E-state index contributed by atoms with van der Waals surface area (Å²) in [6, 6.07) is 17.6. The fourth-order valence-electron chi connectivity index (χ4n) is 3.78. The summed E-state index contributed by atoms with van der Waals surface area (Å²) >= 11 is 3.38. The standard InChI is InChI=1S/C25H32BrNO4/c1-18-8-13-23(31-24(18)14-15-29-17-20-6-4-3-5-7-20)19(2)16-30-25(28)27-22-11-9-21(26)10-12-22/h3-7,9-12,18-19,23-24H,8,13-17H2,1-2H3,(H,27,28)/t18-,19-,23+,24-/m0/s1. The van der Waals surface area contributed by atoms with Crippen LogP contribution in [0.5, 0.6) is 0 Å². The van der Waals surface area contributed by atoms with Gasteiger partial charge in [0.25, 0.3) is 0 Å². The molecule has 0 bridgehead atoms. The molecule has 0 aliphatic carbocycles. The van der Waals surface area contributed by atoms with Crippen LogP contribution in [-0.2, 0) is 20.8 Å². The van der Waals surface area contributed by atoms with Crippen LogP contribution in [0, 0.1) is 11.8 Å². The number of halogens is 1. The Morgan fingerprint density at radius 3 is 2.65 bits per heavy atom. The largest absolute Gasteiger partial charge is 0.449 e. The van der Waals surface area contributed by atoms with Gasteiger partial charge in [-0.25, -0.2) is 4.79 Å². The van der Waals surface area contributed by atoms with Crippen LogP contribution in [0.1, 0.15) is 38.7 Å². The topological polar surface area (TPSA) is 56.8 Å². The molecule has 0 saturated carbocycles. The van der Waals surface area contributed by atoms with Crippen molar-refractivity contribution < 1.29 is 19.0 Å². The summed E-state index contributed by atoms with van der Waals surface area (Å²) in [6.07, 6.45) is 2.81. The molecule has 1 N–H and O–H groups in total. The molecule has 0 unspecified atom stereocenters. The number of benzene rings is 2. The molecule has 5 nitrogen and oxygen atoms in total. The van der Waals surface area contributed by atoms with Crippen LogP contribution >= 0.6 is 15.9 Å². The van der Waals surface area contributed by atoms with Crippen LogP contribution in [0.3, 0.4) is 0 Å². The Labute approximate surface area is 193 Å². The highest BCUT2D eigenvalue weighted by atomic mass is 79.9. The van der Waals surface area contributed by atoms with Gasteiger partial charge in [-0.05, 0) is 55.0 Å². The van der Waals surface area contributed by atoms with Gasteiger partial charge in [-0.1, -0.05) is 60.1 Å². The van der Waals surface area contributed by atoms with Crippen molar-refractivity contribution in [3.8, 4) is 0 Å². The predicted molar refractivity (Wildman–Crippen MR) is 126 cm³/mol. The van der Waals surface area contributed by atoms with Crippen LogP contribution in [0.2, 0.25) is 0 Å². The highest BCUT2D eigenvalue weighted by Gasteiger charge is 2.31. The summed E-state index contributed by atoms with van der Waals surface area (Å²) in [4.78, 5) is 12.1. The van der Waals surface area contributed by atoms with Gasteiger partial charge < -0.3 is 14.2 Å². The molecule has 0 spiro atoms. The van der Waals surface area contributed by atoms with Crippen LogP contribution in [-0.4, -0.2) is 31.5 Å². The van der Waals surface area contributed by atoms with Crippen molar-refractivity contribution in [1.29, 1.82) is 0 Å². The highest BCUT2D eigenvalue weighted by Crippen LogP contribution is 2.30. The molecule has 4 atom stereocenters. The number of anilines is 1. The van der Waals surface area contributed by atoms with E-state index < -0.39 is 6.09 Å². The molecular weight excluding hydrogens is 458 g/mol. The Morgan fingerprint density at radius 2 is 1.90 bits per heavy atom. The molecule has 0 radical (unpaired) electrons. The average Bonchev–Trinajstić information content (AvgIpc) is 2.78. The van der Waals surface area contributed by atoms with E-state index in [-0.39, 0.29) is 18.1 Å². The fourth-order valence-corrected chi connectivity index (χ4v) is 4.04. The summed E-state index contributed by atoms with van der Waals surface area (Å²) < 4.78 is 18.6. The SMILES string of the molecule is C[C@H]1CC[C@H]([C@@H](C)COC(=O)Nc2ccc(Br)cc2)O[C@H]1CCOCc1ccccc1. The number of carbonyl (C=O) groups excluding carboxylic acids is 1. The molecule has 1 saturated heterocycles. The van der Waals surface area contributed by atoms with Crippen LogP contribution < -0.4 is 5.32 Å². The molecule has 168 valence electrons. The zero-order valence-electron chi connectivity index (χ0n) is 18.3. The first-order chi connectivity index (χ1) is 15.0. The first kappa shape index (κ1) is 23.8. The monoisotopic (exact) mass is 489 g/mol. The highest BCUT2D eigenvalue weighted by molar-refractivity contribution is 9.10. The number of ether oxygens (including phenoxy) is 3. The molecule has 0 aromatic heterocycles. The van der Waals surface area contributed by atoms with Gasteiger partial charge in [-0.2, -0.15) is 0 Å². The smallest absolute Gasteiger partial charge is 0.411 e. The molecule has 1 aliphatic heterocycles.